The van der Waals surface area contributed by atoms with Crippen molar-refractivity contribution in [1.82, 2.24) is 4.90 Å². The van der Waals surface area contributed by atoms with E-state index in [0.717, 1.165) is 12.8 Å². The van der Waals surface area contributed by atoms with Gasteiger partial charge in [-0.1, -0.05) is 0 Å². The Morgan fingerprint density at radius 3 is 2.44 bits per heavy atom. The average Bonchev–Trinajstić information content (AvgIpc) is 3.24. The highest BCUT2D eigenvalue weighted by molar-refractivity contribution is 5.93. The Hall–Kier alpha value is -2.31. The van der Waals surface area contributed by atoms with E-state index in [1.54, 1.807) is 6.07 Å². The van der Waals surface area contributed by atoms with Crippen molar-refractivity contribution < 1.29 is 18.7 Å². The molecule has 1 aliphatic heterocycles. The van der Waals surface area contributed by atoms with Crippen LogP contribution in [0.15, 0.2) is 18.2 Å². The number of hydrogen-bond acceptors (Lipinski definition) is 4. The van der Waals surface area contributed by atoms with Crippen molar-refractivity contribution >= 4 is 17.7 Å². The van der Waals surface area contributed by atoms with Crippen molar-refractivity contribution in [1.29, 1.82) is 0 Å². The molecule has 6 nitrogen and oxygen atoms in total. The van der Waals surface area contributed by atoms with Crippen molar-refractivity contribution in [2.24, 2.45) is 5.73 Å². The van der Waals surface area contributed by atoms with Crippen LogP contribution in [0.5, 0.6) is 0 Å². The summed E-state index contributed by atoms with van der Waals surface area (Å²) in [5.41, 5.74) is 4.96. The summed E-state index contributed by atoms with van der Waals surface area (Å²) in [6, 6.07) is 4.44. The third kappa shape index (κ3) is 3.55. The monoisotopic (exact) mass is 349 g/mol. The number of amides is 2. The Labute approximate surface area is 146 Å². The van der Waals surface area contributed by atoms with Crippen LogP contribution in [0.4, 0.5) is 14.9 Å². The van der Waals surface area contributed by atoms with E-state index < -0.39 is 17.3 Å². The zero-order valence-electron chi connectivity index (χ0n) is 14.8. The minimum atomic E-state index is -0.780. The number of ether oxygens (including phenoxy) is 1. The summed E-state index contributed by atoms with van der Waals surface area (Å²) < 4.78 is 19.6. The van der Waals surface area contributed by atoms with Gasteiger partial charge in [-0.25, -0.2) is 9.18 Å². The molecule has 1 spiro atoms. The number of carbonyl (C=O) groups excluding carboxylic acids is 2. The number of anilines is 1. The molecule has 0 unspecified atom stereocenters. The van der Waals surface area contributed by atoms with E-state index in [1.807, 2.05) is 30.6 Å². The molecule has 2 aliphatic rings. The molecular formula is C18H24FN3O3. The summed E-state index contributed by atoms with van der Waals surface area (Å²) >= 11 is 0. The van der Waals surface area contributed by atoms with Crippen LogP contribution in [-0.4, -0.2) is 47.7 Å². The number of nitrogens with two attached hydrogens (primary N) is 1. The molecular weight excluding hydrogens is 325 g/mol. The molecule has 2 amide bonds. The number of rotatable bonds is 2. The molecule has 0 radical (unpaired) electrons. The molecule has 1 saturated heterocycles. The second kappa shape index (κ2) is 5.89. The summed E-state index contributed by atoms with van der Waals surface area (Å²) in [5, 5.41) is 0. The molecule has 7 heteroatoms. The Morgan fingerprint density at radius 1 is 1.24 bits per heavy atom. The molecule has 1 aliphatic carbocycles. The zero-order valence-corrected chi connectivity index (χ0v) is 14.8. The van der Waals surface area contributed by atoms with Gasteiger partial charge in [0.2, 0.25) is 0 Å². The summed E-state index contributed by atoms with van der Waals surface area (Å²) in [6.45, 7) is 7.28. The van der Waals surface area contributed by atoms with E-state index in [9.17, 15) is 14.0 Å². The molecule has 2 N–H and O–H groups in total. The van der Waals surface area contributed by atoms with Crippen LogP contribution in [0.2, 0.25) is 0 Å². The Morgan fingerprint density at radius 2 is 1.92 bits per heavy atom. The largest absolute Gasteiger partial charge is 0.444 e. The molecule has 0 bridgehead atoms. The predicted molar refractivity (Wildman–Crippen MR) is 92.0 cm³/mol. The van der Waals surface area contributed by atoms with E-state index >= 15 is 0 Å². The van der Waals surface area contributed by atoms with Gasteiger partial charge in [-0.15, -0.1) is 0 Å². The third-order valence-electron chi connectivity index (χ3n) is 4.68. The van der Waals surface area contributed by atoms with Gasteiger partial charge in [0.15, 0.2) is 0 Å². The summed E-state index contributed by atoms with van der Waals surface area (Å²) in [7, 11) is 0. The minimum Gasteiger partial charge on any atom is -0.444 e. The highest BCUT2D eigenvalue weighted by Gasteiger charge is 2.54. The lowest BCUT2D eigenvalue weighted by Gasteiger charge is -2.43. The summed E-state index contributed by atoms with van der Waals surface area (Å²) in [5.74, 6) is -1.40. The quantitative estimate of drug-likeness (QED) is 0.890. The number of carbonyl (C=O) groups is 2. The number of primary amides is 1. The number of hydrogen-bond donors (Lipinski definition) is 1. The molecule has 1 heterocycles. The minimum absolute atomic E-state index is 0.114. The van der Waals surface area contributed by atoms with Gasteiger partial charge in [0.05, 0.1) is 11.1 Å². The Balaban J connectivity index is 1.74. The van der Waals surface area contributed by atoms with E-state index in [2.05, 4.69) is 0 Å². The van der Waals surface area contributed by atoms with Gasteiger partial charge >= 0.3 is 6.09 Å². The Bertz CT molecular complexity index is 710. The lowest BCUT2D eigenvalue weighted by Crippen LogP contribution is -2.58. The topological polar surface area (TPSA) is 75.9 Å². The van der Waals surface area contributed by atoms with Crippen molar-refractivity contribution in [2.45, 2.75) is 44.8 Å². The first-order valence-corrected chi connectivity index (χ1v) is 8.46. The first kappa shape index (κ1) is 17.5. The fourth-order valence-electron chi connectivity index (χ4n) is 3.27. The second-order valence-electron chi connectivity index (χ2n) is 7.81. The van der Waals surface area contributed by atoms with Gasteiger partial charge in [-0.3, -0.25) is 9.69 Å². The average molecular weight is 349 g/mol. The highest BCUT2D eigenvalue weighted by Crippen LogP contribution is 2.45. The number of piperazine rings is 1. The van der Waals surface area contributed by atoms with Crippen molar-refractivity contribution in [2.75, 3.05) is 24.5 Å². The van der Waals surface area contributed by atoms with Crippen LogP contribution in [0.25, 0.3) is 0 Å². The van der Waals surface area contributed by atoms with Gasteiger partial charge in [0.25, 0.3) is 5.91 Å². The number of nitrogens with zero attached hydrogens (tertiary/aromatic N) is 2. The molecule has 1 aromatic carbocycles. The summed E-state index contributed by atoms with van der Waals surface area (Å²) in [6.07, 6.45) is 1.52. The third-order valence-corrected chi connectivity index (χ3v) is 4.68. The lowest BCUT2D eigenvalue weighted by atomic mass is 10.1. The van der Waals surface area contributed by atoms with Crippen LogP contribution < -0.4 is 10.6 Å². The first-order chi connectivity index (χ1) is 11.6. The molecule has 3 rings (SSSR count). The maximum atomic E-state index is 14.0. The molecule has 1 aromatic rings. The zero-order chi connectivity index (χ0) is 18.4. The van der Waals surface area contributed by atoms with E-state index in [-0.39, 0.29) is 17.2 Å². The highest BCUT2D eigenvalue weighted by atomic mass is 19.1. The fraction of sp³-hybridized carbons (Fsp3) is 0.556. The van der Waals surface area contributed by atoms with Gasteiger partial charge < -0.3 is 15.4 Å². The fourth-order valence-corrected chi connectivity index (χ4v) is 3.27. The maximum Gasteiger partial charge on any atom is 0.410 e. The lowest BCUT2D eigenvalue weighted by molar-refractivity contribution is 0.0106. The Kier molecular flexibility index (Phi) is 4.13. The van der Waals surface area contributed by atoms with E-state index in [1.165, 1.54) is 12.1 Å². The summed E-state index contributed by atoms with van der Waals surface area (Å²) in [4.78, 5) is 27.5. The number of benzene rings is 1. The van der Waals surface area contributed by atoms with Crippen LogP contribution >= 0.6 is 0 Å². The predicted octanol–water partition coefficient (Wildman–Crippen LogP) is 2.51. The molecule has 25 heavy (non-hydrogen) atoms. The van der Waals surface area contributed by atoms with Crippen LogP contribution in [0.3, 0.4) is 0 Å². The molecule has 0 atom stereocenters. The van der Waals surface area contributed by atoms with Crippen LogP contribution in [0.1, 0.15) is 44.0 Å². The van der Waals surface area contributed by atoms with Crippen molar-refractivity contribution in [3.05, 3.63) is 29.6 Å². The molecule has 2 fully saturated rings. The molecule has 0 aromatic heterocycles. The standard InChI is InChI=1S/C18H24FN3O3/c1-17(2,3)25-16(24)22-9-8-21(11-18(22)6-7-18)12-4-5-13(15(20)23)14(19)10-12/h4-5,10H,6-9,11H2,1-3H3,(H2,20,23). The SMILES string of the molecule is CC(C)(C)OC(=O)N1CCN(c2ccc(C(N)=O)c(F)c2)CC12CC2. The van der Waals surface area contributed by atoms with Crippen molar-refractivity contribution in [3.8, 4) is 0 Å². The molecule has 136 valence electrons. The van der Waals surface area contributed by atoms with Gasteiger partial charge in [0.1, 0.15) is 11.4 Å². The van der Waals surface area contributed by atoms with Crippen LogP contribution in [0, 0.1) is 5.82 Å². The normalized spacial score (nSPS) is 19.0. The van der Waals surface area contributed by atoms with Crippen LogP contribution in [-0.2, 0) is 4.74 Å². The van der Waals surface area contributed by atoms with Gasteiger partial charge in [-0.2, -0.15) is 0 Å². The molecule has 1 saturated carbocycles. The second-order valence-corrected chi connectivity index (χ2v) is 7.81. The van der Waals surface area contributed by atoms with Crippen molar-refractivity contribution in [3.63, 3.8) is 0 Å². The maximum absolute atomic E-state index is 14.0. The van der Waals surface area contributed by atoms with E-state index in [0.29, 0.717) is 25.3 Å². The van der Waals surface area contributed by atoms with E-state index in [4.69, 9.17) is 10.5 Å². The first-order valence-electron chi connectivity index (χ1n) is 8.46. The smallest absolute Gasteiger partial charge is 0.410 e. The number of halogens is 1. The van der Waals surface area contributed by atoms with Gasteiger partial charge in [0, 0.05) is 25.3 Å². The van der Waals surface area contributed by atoms with Gasteiger partial charge in [-0.05, 0) is 51.8 Å².